The van der Waals surface area contributed by atoms with Gasteiger partial charge < -0.3 is 9.47 Å². The molecule has 0 spiro atoms. The number of rotatable bonds is 3. The van der Waals surface area contributed by atoms with Crippen molar-refractivity contribution in [2.45, 2.75) is 19.9 Å². The van der Waals surface area contributed by atoms with Gasteiger partial charge in [0, 0.05) is 11.1 Å². The Hall–Kier alpha value is -2.44. The fourth-order valence-corrected chi connectivity index (χ4v) is 4.08. The van der Waals surface area contributed by atoms with Crippen LogP contribution < -0.4 is 14.4 Å². The van der Waals surface area contributed by atoms with Crippen molar-refractivity contribution in [2.24, 2.45) is 4.99 Å². The molecule has 0 aromatic heterocycles. The molecule has 4 rings (SSSR count). The van der Waals surface area contributed by atoms with Crippen LogP contribution in [0.1, 0.15) is 19.4 Å². The summed E-state index contributed by atoms with van der Waals surface area (Å²) in [5, 5.41) is 1.21. The van der Waals surface area contributed by atoms with Crippen molar-refractivity contribution in [2.75, 3.05) is 11.7 Å². The third-order valence-electron chi connectivity index (χ3n) is 3.94. The number of ether oxygens (including phenoxy) is 2. The minimum absolute atomic E-state index is 0.0619. The lowest BCUT2D eigenvalue weighted by Gasteiger charge is -2.16. The molecule has 0 radical (unpaired) electrons. The van der Waals surface area contributed by atoms with Gasteiger partial charge in [-0.3, -0.25) is 14.7 Å². The van der Waals surface area contributed by atoms with Gasteiger partial charge in [-0.05, 0) is 67.6 Å². The average Bonchev–Trinajstić information content (AvgIpc) is 3.19. The second-order valence-electron chi connectivity index (χ2n) is 6.35. The van der Waals surface area contributed by atoms with Crippen LogP contribution in [-0.4, -0.2) is 23.9 Å². The van der Waals surface area contributed by atoms with Gasteiger partial charge in [0.15, 0.2) is 16.7 Å². The van der Waals surface area contributed by atoms with E-state index in [2.05, 4.69) is 4.99 Å². The molecule has 27 heavy (non-hydrogen) atoms. The van der Waals surface area contributed by atoms with E-state index < -0.39 is 0 Å². The number of thioether (sulfide) groups is 1. The Morgan fingerprint density at radius 1 is 1.19 bits per heavy atom. The maximum atomic E-state index is 13.1. The highest BCUT2D eigenvalue weighted by molar-refractivity contribution is 8.19. The first-order valence-electron chi connectivity index (χ1n) is 8.48. The van der Waals surface area contributed by atoms with E-state index in [0.29, 0.717) is 32.3 Å². The highest BCUT2D eigenvalue weighted by Gasteiger charge is 2.35. The summed E-state index contributed by atoms with van der Waals surface area (Å²) in [6.07, 6.45) is 1.84. The molecule has 2 heterocycles. The van der Waals surface area contributed by atoms with Crippen LogP contribution in [0.3, 0.4) is 0 Å². The summed E-state index contributed by atoms with van der Waals surface area (Å²) >= 11 is 7.48. The lowest BCUT2D eigenvalue weighted by atomic mass is 10.2. The molecule has 2 aliphatic rings. The predicted octanol–water partition coefficient (Wildman–Crippen LogP) is 4.95. The predicted molar refractivity (Wildman–Crippen MR) is 110 cm³/mol. The van der Waals surface area contributed by atoms with Crippen LogP contribution in [0.25, 0.3) is 6.08 Å². The fraction of sp³-hybridized carbons (Fsp3) is 0.200. The number of hydrogen-bond donors (Lipinski definition) is 0. The van der Waals surface area contributed by atoms with Crippen molar-refractivity contribution in [1.29, 1.82) is 0 Å². The Kier molecular flexibility index (Phi) is 4.85. The SMILES string of the molecule is CC(C)N=C1S/C(=C\c2ccc3c(c2)OCO3)C(=O)N1c1cccc(Cl)c1. The number of aliphatic imine (C=N–C) groups is 1. The van der Waals surface area contributed by atoms with E-state index in [4.69, 9.17) is 21.1 Å². The largest absolute Gasteiger partial charge is 0.454 e. The van der Waals surface area contributed by atoms with E-state index in [1.165, 1.54) is 11.8 Å². The summed E-state index contributed by atoms with van der Waals surface area (Å²) in [7, 11) is 0. The molecule has 1 amide bonds. The van der Waals surface area contributed by atoms with Crippen molar-refractivity contribution in [1.82, 2.24) is 0 Å². The number of carbonyl (C=O) groups is 1. The Morgan fingerprint density at radius 2 is 2.00 bits per heavy atom. The molecule has 0 N–H and O–H groups in total. The van der Waals surface area contributed by atoms with Gasteiger partial charge in [-0.1, -0.05) is 23.7 Å². The van der Waals surface area contributed by atoms with Crippen LogP contribution in [0.2, 0.25) is 5.02 Å². The molecule has 7 heteroatoms. The molecule has 0 atom stereocenters. The zero-order valence-electron chi connectivity index (χ0n) is 14.8. The van der Waals surface area contributed by atoms with E-state index in [1.54, 1.807) is 17.0 Å². The molecule has 1 saturated heterocycles. The number of fused-ring (bicyclic) bond motifs is 1. The lowest BCUT2D eigenvalue weighted by Crippen LogP contribution is -2.29. The number of hydrogen-bond acceptors (Lipinski definition) is 5. The van der Waals surface area contributed by atoms with Crippen molar-refractivity contribution < 1.29 is 14.3 Å². The molecule has 0 saturated carbocycles. The minimum atomic E-state index is -0.126. The molecule has 0 aliphatic carbocycles. The van der Waals surface area contributed by atoms with E-state index in [-0.39, 0.29) is 18.7 Å². The van der Waals surface area contributed by atoms with Crippen molar-refractivity contribution in [3.63, 3.8) is 0 Å². The molecular formula is C20H17ClN2O3S. The second kappa shape index (κ2) is 7.29. The topological polar surface area (TPSA) is 51.1 Å². The van der Waals surface area contributed by atoms with E-state index in [1.807, 2.05) is 50.3 Å². The van der Waals surface area contributed by atoms with Crippen LogP contribution in [0, 0.1) is 0 Å². The molecule has 2 aromatic rings. The number of anilines is 1. The summed E-state index contributed by atoms with van der Waals surface area (Å²) in [5.74, 6) is 1.27. The van der Waals surface area contributed by atoms with Crippen molar-refractivity contribution >= 4 is 46.2 Å². The number of carbonyl (C=O) groups excluding carboxylic acids is 1. The molecule has 5 nitrogen and oxygen atoms in total. The van der Waals surface area contributed by atoms with Crippen LogP contribution in [0.4, 0.5) is 5.69 Å². The zero-order chi connectivity index (χ0) is 19.0. The van der Waals surface area contributed by atoms with Gasteiger partial charge in [-0.25, -0.2) is 0 Å². The maximum absolute atomic E-state index is 13.1. The quantitative estimate of drug-likeness (QED) is 0.684. The van der Waals surface area contributed by atoms with E-state index >= 15 is 0 Å². The third-order valence-corrected chi connectivity index (χ3v) is 5.15. The Balaban J connectivity index is 1.72. The van der Waals surface area contributed by atoms with Gasteiger partial charge in [0.1, 0.15) is 0 Å². The van der Waals surface area contributed by atoms with Gasteiger partial charge in [-0.2, -0.15) is 0 Å². The maximum Gasteiger partial charge on any atom is 0.271 e. The molecular weight excluding hydrogens is 384 g/mol. The highest BCUT2D eigenvalue weighted by atomic mass is 35.5. The molecule has 0 bridgehead atoms. The van der Waals surface area contributed by atoms with E-state index in [9.17, 15) is 4.79 Å². The Bertz CT molecular complexity index is 971. The molecule has 0 unspecified atom stereocenters. The summed E-state index contributed by atoms with van der Waals surface area (Å²) in [6, 6.07) is 12.9. The van der Waals surface area contributed by atoms with Gasteiger partial charge in [0.2, 0.25) is 6.79 Å². The monoisotopic (exact) mass is 400 g/mol. The van der Waals surface area contributed by atoms with E-state index in [0.717, 1.165) is 5.56 Å². The Labute approximate surface area is 166 Å². The third kappa shape index (κ3) is 3.68. The van der Waals surface area contributed by atoms with Gasteiger partial charge in [0.05, 0.1) is 10.6 Å². The molecule has 138 valence electrons. The van der Waals surface area contributed by atoms with Gasteiger partial charge in [0.25, 0.3) is 5.91 Å². The summed E-state index contributed by atoms with van der Waals surface area (Å²) in [4.78, 5) is 19.9. The highest BCUT2D eigenvalue weighted by Crippen LogP contribution is 2.38. The van der Waals surface area contributed by atoms with Crippen LogP contribution >= 0.6 is 23.4 Å². The number of halogens is 1. The zero-order valence-corrected chi connectivity index (χ0v) is 16.4. The van der Waals surface area contributed by atoms with Crippen LogP contribution in [-0.2, 0) is 4.79 Å². The number of amidine groups is 1. The fourth-order valence-electron chi connectivity index (χ4n) is 2.78. The summed E-state index contributed by atoms with van der Waals surface area (Å²) < 4.78 is 10.8. The first-order valence-corrected chi connectivity index (χ1v) is 9.68. The second-order valence-corrected chi connectivity index (χ2v) is 7.79. The molecule has 2 aromatic carbocycles. The normalized spacial score (nSPS) is 19.0. The van der Waals surface area contributed by atoms with Crippen molar-refractivity contribution in [3.05, 3.63) is 58.0 Å². The number of nitrogens with zero attached hydrogens (tertiary/aromatic N) is 2. The van der Waals surface area contributed by atoms with Crippen molar-refractivity contribution in [3.8, 4) is 11.5 Å². The average molecular weight is 401 g/mol. The van der Waals surface area contributed by atoms with Crippen LogP contribution in [0.15, 0.2) is 52.4 Å². The molecule has 2 aliphatic heterocycles. The van der Waals surface area contributed by atoms with Crippen LogP contribution in [0.5, 0.6) is 11.5 Å². The first-order chi connectivity index (χ1) is 13.0. The standard InChI is InChI=1S/C20H17ClN2O3S/c1-12(2)22-20-23(15-5-3-4-14(21)10-15)19(24)18(27-20)9-13-6-7-16-17(8-13)26-11-25-16/h3-10,12H,11H2,1-2H3/b18-9-,22-20?. The summed E-state index contributed by atoms with van der Waals surface area (Å²) in [6.45, 7) is 4.18. The van der Waals surface area contributed by atoms with Gasteiger partial charge in [-0.15, -0.1) is 0 Å². The first kappa shape index (κ1) is 17.9. The smallest absolute Gasteiger partial charge is 0.271 e. The molecule has 1 fully saturated rings. The lowest BCUT2D eigenvalue weighted by molar-refractivity contribution is -0.113. The number of benzene rings is 2. The van der Waals surface area contributed by atoms with Gasteiger partial charge >= 0.3 is 0 Å². The summed E-state index contributed by atoms with van der Waals surface area (Å²) in [5.41, 5.74) is 1.57. The Morgan fingerprint density at radius 3 is 2.78 bits per heavy atom. The number of amides is 1. The minimum Gasteiger partial charge on any atom is -0.454 e.